The van der Waals surface area contributed by atoms with E-state index in [1.807, 2.05) is 18.2 Å². The fraction of sp³-hybridized carbons (Fsp3) is 0.533. The first-order valence-electron chi connectivity index (χ1n) is 7.09. The molecule has 2 atom stereocenters. The first kappa shape index (κ1) is 15.6. The number of rotatable bonds is 5. The normalized spacial score (nSPS) is 21.7. The molecule has 0 aliphatic carbocycles. The van der Waals surface area contributed by atoms with Crippen molar-refractivity contribution in [3.63, 3.8) is 0 Å². The summed E-state index contributed by atoms with van der Waals surface area (Å²) in [6.07, 6.45) is 0. The van der Waals surface area contributed by atoms with Gasteiger partial charge in [0.05, 0.1) is 20.3 Å². The first-order chi connectivity index (χ1) is 10.1. The fourth-order valence-corrected chi connectivity index (χ4v) is 2.27. The van der Waals surface area contributed by atoms with E-state index in [9.17, 15) is 4.79 Å². The molecule has 3 N–H and O–H groups in total. The van der Waals surface area contributed by atoms with E-state index < -0.39 is 0 Å². The van der Waals surface area contributed by atoms with Crippen molar-refractivity contribution in [3.8, 4) is 11.5 Å². The molecule has 1 aliphatic heterocycles. The second kappa shape index (κ2) is 7.28. The summed E-state index contributed by atoms with van der Waals surface area (Å²) < 4.78 is 10.4. The second-order valence-electron chi connectivity index (χ2n) is 5.18. The standard InChI is InChI=1S/C15H23N3O3/c1-10-7-17-12(9-16-10)15(19)18-8-11-4-5-13(20-2)14(6-11)21-3/h4-6,10,12,16-17H,7-9H2,1-3H3,(H,18,19). The Morgan fingerprint density at radius 3 is 2.62 bits per heavy atom. The van der Waals surface area contributed by atoms with Gasteiger partial charge in [-0.15, -0.1) is 0 Å². The van der Waals surface area contributed by atoms with Crippen molar-refractivity contribution in [3.05, 3.63) is 23.8 Å². The third-order valence-corrected chi connectivity index (χ3v) is 3.57. The molecule has 6 nitrogen and oxygen atoms in total. The lowest BCUT2D eigenvalue weighted by Crippen LogP contribution is -2.58. The van der Waals surface area contributed by atoms with Crippen molar-refractivity contribution in [2.24, 2.45) is 0 Å². The summed E-state index contributed by atoms with van der Waals surface area (Å²) in [6, 6.07) is 5.84. The third-order valence-electron chi connectivity index (χ3n) is 3.57. The fourth-order valence-electron chi connectivity index (χ4n) is 2.27. The van der Waals surface area contributed by atoms with Gasteiger partial charge < -0.3 is 25.4 Å². The van der Waals surface area contributed by atoms with E-state index in [1.165, 1.54) is 0 Å². The molecule has 0 radical (unpaired) electrons. The molecule has 0 aromatic heterocycles. The summed E-state index contributed by atoms with van der Waals surface area (Å²) in [5.41, 5.74) is 0.970. The Balaban J connectivity index is 1.89. The van der Waals surface area contributed by atoms with Crippen LogP contribution < -0.4 is 25.4 Å². The number of carbonyl (C=O) groups is 1. The average Bonchev–Trinajstić information content (AvgIpc) is 2.52. The average molecular weight is 293 g/mol. The first-order valence-corrected chi connectivity index (χ1v) is 7.09. The van der Waals surface area contributed by atoms with Crippen LogP contribution in [-0.4, -0.2) is 45.3 Å². The van der Waals surface area contributed by atoms with Crippen LogP contribution in [0.1, 0.15) is 12.5 Å². The van der Waals surface area contributed by atoms with Crippen LogP contribution in [0.25, 0.3) is 0 Å². The highest BCUT2D eigenvalue weighted by atomic mass is 16.5. The predicted molar refractivity (Wildman–Crippen MR) is 80.6 cm³/mol. The number of hydrogen-bond donors (Lipinski definition) is 3. The molecule has 1 aromatic rings. The van der Waals surface area contributed by atoms with Crippen LogP contribution in [-0.2, 0) is 11.3 Å². The summed E-state index contributed by atoms with van der Waals surface area (Å²) in [5, 5.41) is 9.45. The molecule has 2 rings (SSSR count). The summed E-state index contributed by atoms with van der Waals surface area (Å²) >= 11 is 0. The Kier molecular flexibility index (Phi) is 5.41. The molecule has 116 valence electrons. The lowest BCUT2D eigenvalue weighted by atomic mass is 10.1. The van der Waals surface area contributed by atoms with Crippen LogP contribution >= 0.6 is 0 Å². The summed E-state index contributed by atoms with van der Waals surface area (Å²) in [4.78, 5) is 12.1. The number of amides is 1. The van der Waals surface area contributed by atoms with Gasteiger partial charge in [0.15, 0.2) is 11.5 Å². The van der Waals surface area contributed by atoms with Crippen molar-refractivity contribution in [2.45, 2.75) is 25.6 Å². The van der Waals surface area contributed by atoms with Crippen LogP contribution in [0.15, 0.2) is 18.2 Å². The Morgan fingerprint density at radius 1 is 1.24 bits per heavy atom. The maximum atomic E-state index is 12.1. The Labute approximate surface area is 125 Å². The number of piperazine rings is 1. The zero-order chi connectivity index (χ0) is 15.2. The van der Waals surface area contributed by atoms with Gasteiger partial charge in [0.2, 0.25) is 5.91 Å². The molecule has 2 unspecified atom stereocenters. The highest BCUT2D eigenvalue weighted by molar-refractivity contribution is 5.82. The lowest BCUT2D eigenvalue weighted by molar-refractivity contribution is -0.123. The molecule has 0 bridgehead atoms. The third kappa shape index (κ3) is 4.09. The van der Waals surface area contributed by atoms with E-state index in [0.717, 1.165) is 12.1 Å². The maximum absolute atomic E-state index is 12.1. The number of methoxy groups -OCH3 is 2. The number of hydrogen-bond acceptors (Lipinski definition) is 5. The van der Waals surface area contributed by atoms with E-state index in [0.29, 0.717) is 30.6 Å². The van der Waals surface area contributed by atoms with Crippen molar-refractivity contribution in [2.75, 3.05) is 27.3 Å². The van der Waals surface area contributed by atoms with Gasteiger partial charge in [-0.05, 0) is 24.6 Å². The van der Waals surface area contributed by atoms with Crippen molar-refractivity contribution in [1.29, 1.82) is 0 Å². The summed E-state index contributed by atoms with van der Waals surface area (Å²) in [6.45, 7) is 4.01. The second-order valence-corrected chi connectivity index (χ2v) is 5.18. The molecule has 1 heterocycles. The zero-order valence-electron chi connectivity index (χ0n) is 12.7. The Morgan fingerprint density at radius 2 is 2.00 bits per heavy atom. The van der Waals surface area contributed by atoms with E-state index in [4.69, 9.17) is 9.47 Å². The van der Waals surface area contributed by atoms with Gasteiger partial charge in [0.25, 0.3) is 0 Å². The number of ether oxygens (including phenoxy) is 2. The minimum absolute atomic E-state index is 0.00387. The molecular formula is C15H23N3O3. The van der Waals surface area contributed by atoms with Gasteiger partial charge in [0, 0.05) is 25.7 Å². The Hall–Kier alpha value is -1.79. The van der Waals surface area contributed by atoms with Gasteiger partial charge in [-0.1, -0.05) is 6.07 Å². The topological polar surface area (TPSA) is 71.6 Å². The van der Waals surface area contributed by atoms with Gasteiger partial charge in [-0.2, -0.15) is 0 Å². The van der Waals surface area contributed by atoms with Crippen LogP contribution in [0.3, 0.4) is 0 Å². The molecular weight excluding hydrogens is 270 g/mol. The van der Waals surface area contributed by atoms with Crippen LogP contribution in [0.4, 0.5) is 0 Å². The van der Waals surface area contributed by atoms with Gasteiger partial charge in [-0.3, -0.25) is 4.79 Å². The van der Waals surface area contributed by atoms with E-state index in [-0.39, 0.29) is 11.9 Å². The van der Waals surface area contributed by atoms with Gasteiger partial charge in [0.1, 0.15) is 0 Å². The summed E-state index contributed by atoms with van der Waals surface area (Å²) in [5.74, 6) is 1.35. The minimum atomic E-state index is -0.179. The van der Waals surface area contributed by atoms with E-state index in [1.54, 1.807) is 14.2 Å². The Bertz CT molecular complexity index is 485. The molecule has 21 heavy (non-hydrogen) atoms. The monoisotopic (exact) mass is 293 g/mol. The quantitative estimate of drug-likeness (QED) is 0.727. The maximum Gasteiger partial charge on any atom is 0.238 e. The van der Waals surface area contributed by atoms with Crippen molar-refractivity contribution in [1.82, 2.24) is 16.0 Å². The van der Waals surface area contributed by atoms with Crippen LogP contribution in [0.5, 0.6) is 11.5 Å². The van der Waals surface area contributed by atoms with Gasteiger partial charge in [-0.25, -0.2) is 0 Å². The smallest absolute Gasteiger partial charge is 0.238 e. The predicted octanol–water partition coefficient (Wildman–Crippen LogP) is 0.270. The molecule has 1 saturated heterocycles. The molecule has 1 amide bonds. The summed E-state index contributed by atoms with van der Waals surface area (Å²) in [7, 11) is 3.20. The van der Waals surface area contributed by atoms with Crippen molar-refractivity contribution < 1.29 is 14.3 Å². The molecule has 0 saturated carbocycles. The van der Waals surface area contributed by atoms with Gasteiger partial charge >= 0.3 is 0 Å². The lowest BCUT2D eigenvalue weighted by Gasteiger charge is -2.28. The number of nitrogens with one attached hydrogen (secondary N) is 3. The highest BCUT2D eigenvalue weighted by Crippen LogP contribution is 2.27. The minimum Gasteiger partial charge on any atom is -0.493 e. The number of carbonyl (C=O) groups excluding carboxylic acids is 1. The largest absolute Gasteiger partial charge is 0.493 e. The molecule has 1 aliphatic rings. The SMILES string of the molecule is COc1ccc(CNC(=O)C2CNC(C)CN2)cc1OC. The molecule has 6 heteroatoms. The molecule has 1 fully saturated rings. The highest BCUT2D eigenvalue weighted by Gasteiger charge is 2.22. The zero-order valence-corrected chi connectivity index (χ0v) is 12.7. The molecule has 0 spiro atoms. The number of benzene rings is 1. The van der Waals surface area contributed by atoms with E-state index in [2.05, 4.69) is 22.9 Å². The van der Waals surface area contributed by atoms with Crippen molar-refractivity contribution >= 4 is 5.91 Å². The van der Waals surface area contributed by atoms with Crippen LogP contribution in [0.2, 0.25) is 0 Å². The van der Waals surface area contributed by atoms with E-state index >= 15 is 0 Å². The van der Waals surface area contributed by atoms with Crippen LogP contribution in [0, 0.1) is 0 Å². The molecule has 1 aromatic carbocycles.